The molecule has 0 saturated heterocycles. The third-order valence-corrected chi connectivity index (χ3v) is 3.48. The molecule has 0 spiro atoms. The number of hydrogen-bond acceptors (Lipinski definition) is 5. The lowest BCUT2D eigenvalue weighted by molar-refractivity contribution is 0.289. The van der Waals surface area contributed by atoms with Gasteiger partial charge in [-0.1, -0.05) is 13.0 Å². The molecule has 6 heteroatoms. The van der Waals surface area contributed by atoms with Crippen molar-refractivity contribution in [2.24, 2.45) is 0 Å². The summed E-state index contributed by atoms with van der Waals surface area (Å²) in [6, 6.07) is 4.35. The van der Waals surface area contributed by atoms with Gasteiger partial charge >= 0.3 is 6.01 Å². The van der Waals surface area contributed by atoms with Crippen LogP contribution in [0.5, 0.6) is 6.01 Å². The van der Waals surface area contributed by atoms with Crippen LogP contribution in [0.1, 0.15) is 42.8 Å². The van der Waals surface area contributed by atoms with Crippen molar-refractivity contribution in [1.82, 2.24) is 19.9 Å². The van der Waals surface area contributed by atoms with Crippen molar-refractivity contribution in [1.29, 1.82) is 0 Å². The molecular weight excluding hydrogens is 276 g/mol. The molecular formula is C14H15ClN4O. The van der Waals surface area contributed by atoms with Crippen LogP contribution in [-0.4, -0.2) is 26.5 Å². The predicted octanol–water partition coefficient (Wildman–Crippen LogP) is 2.79. The first-order chi connectivity index (χ1) is 9.78. The first kappa shape index (κ1) is 13.2. The van der Waals surface area contributed by atoms with E-state index in [2.05, 4.69) is 26.0 Å². The summed E-state index contributed by atoms with van der Waals surface area (Å²) in [5.41, 5.74) is 2.29. The Bertz CT molecular complexity index is 620. The van der Waals surface area contributed by atoms with Crippen molar-refractivity contribution >= 4 is 11.6 Å². The summed E-state index contributed by atoms with van der Waals surface area (Å²) >= 11 is 5.97. The summed E-state index contributed by atoms with van der Waals surface area (Å²) in [6.07, 6.45) is 4.63. The van der Waals surface area contributed by atoms with E-state index in [1.165, 1.54) is 5.56 Å². The maximum atomic E-state index is 5.97. The van der Waals surface area contributed by atoms with E-state index in [0.29, 0.717) is 18.4 Å². The molecule has 0 amide bonds. The molecule has 0 radical (unpaired) electrons. The number of halogens is 1. The Morgan fingerprint density at radius 3 is 3.10 bits per heavy atom. The van der Waals surface area contributed by atoms with E-state index in [4.69, 9.17) is 16.3 Å². The number of aryl methyl sites for hydroxylation is 1. The van der Waals surface area contributed by atoms with Crippen LogP contribution in [0, 0.1) is 0 Å². The van der Waals surface area contributed by atoms with Crippen molar-refractivity contribution in [3.8, 4) is 6.01 Å². The Morgan fingerprint density at radius 2 is 2.25 bits per heavy atom. The lowest BCUT2D eigenvalue weighted by Gasteiger charge is -2.10. The zero-order valence-corrected chi connectivity index (χ0v) is 12.0. The Morgan fingerprint density at radius 1 is 1.35 bits per heavy atom. The van der Waals surface area contributed by atoms with Crippen molar-refractivity contribution in [2.75, 3.05) is 6.61 Å². The zero-order chi connectivity index (χ0) is 13.9. The minimum atomic E-state index is 0.0793. The van der Waals surface area contributed by atoms with Crippen LogP contribution in [0.4, 0.5) is 0 Å². The second-order valence-corrected chi connectivity index (χ2v) is 5.07. The van der Waals surface area contributed by atoms with Gasteiger partial charge in [-0.15, -0.1) is 0 Å². The van der Waals surface area contributed by atoms with Gasteiger partial charge in [0.15, 0.2) is 0 Å². The molecule has 2 heterocycles. The van der Waals surface area contributed by atoms with E-state index in [9.17, 15) is 0 Å². The number of aromatic nitrogens is 4. The predicted molar refractivity (Wildman–Crippen MR) is 75.0 cm³/mol. The molecule has 2 aromatic rings. The summed E-state index contributed by atoms with van der Waals surface area (Å²) < 4.78 is 5.46. The van der Waals surface area contributed by atoms with Crippen LogP contribution < -0.4 is 4.74 Å². The third kappa shape index (κ3) is 2.58. The molecule has 0 aromatic carbocycles. The molecule has 5 nitrogen and oxygen atoms in total. The number of rotatable bonds is 4. The SMILES string of the molecule is CCCOc1nc(Cl)nc(C2CCc3cccnc32)n1. The van der Waals surface area contributed by atoms with Crippen LogP contribution in [0.2, 0.25) is 5.28 Å². The molecule has 104 valence electrons. The zero-order valence-electron chi connectivity index (χ0n) is 11.2. The van der Waals surface area contributed by atoms with Gasteiger partial charge < -0.3 is 4.74 Å². The highest BCUT2D eigenvalue weighted by molar-refractivity contribution is 6.28. The molecule has 0 N–H and O–H groups in total. The normalized spacial score (nSPS) is 17.0. The number of hydrogen-bond donors (Lipinski definition) is 0. The summed E-state index contributed by atoms with van der Waals surface area (Å²) in [4.78, 5) is 17.1. The quantitative estimate of drug-likeness (QED) is 0.866. The van der Waals surface area contributed by atoms with Crippen molar-refractivity contribution in [2.45, 2.75) is 32.1 Å². The molecule has 1 aliphatic carbocycles. The Hall–Kier alpha value is -1.75. The minimum Gasteiger partial charge on any atom is -0.463 e. The average Bonchev–Trinajstić information content (AvgIpc) is 2.88. The largest absolute Gasteiger partial charge is 0.463 e. The molecule has 20 heavy (non-hydrogen) atoms. The monoisotopic (exact) mass is 290 g/mol. The fourth-order valence-electron chi connectivity index (χ4n) is 2.42. The maximum absolute atomic E-state index is 5.97. The van der Waals surface area contributed by atoms with Gasteiger partial charge in [-0.25, -0.2) is 4.98 Å². The smallest absolute Gasteiger partial charge is 0.321 e. The van der Waals surface area contributed by atoms with Crippen LogP contribution in [-0.2, 0) is 6.42 Å². The van der Waals surface area contributed by atoms with E-state index < -0.39 is 0 Å². The van der Waals surface area contributed by atoms with Crippen LogP contribution in [0.25, 0.3) is 0 Å². The highest BCUT2D eigenvalue weighted by Gasteiger charge is 2.28. The minimum absolute atomic E-state index is 0.0793. The number of fused-ring (bicyclic) bond motifs is 1. The standard InChI is InChI=1S/C14H15ClN4O/c1-2-8-20-14-18-12(17-13(15)19-14)10-6-5-9-4-3-7-16-11(9)10/h3-4,7,10H,2,5-6,8H2,1H3. The fourth-order valence-corrected chi connectivity index (χ4v) is 2.58. The molecule has 1 unspecified atom stereocenters. The second-order valence-electron chi connectivity index (χ2n) is 4.73. The summed E-state index contributed by atoms with van der Waals surface area (Å²) in [5, 5.41) is 0.172. The van der Waals surface area contributed by atoms with Crippen molar-refractivity contribution in [3.05, 3.63) is 40.7 Å². The van der Waals surface area contributed by atoms with Gasteiger partial charge in [0, 0.05) is 6.20 Å². The first-order valence-corrected chi connectivity index (χ1v) is 7.13. The molecule has 0 aliphatic heterocycles. The average molecular weight is 291 g/mol. The van der Waals surface area contributed by atoms with Crippen molar-refractivity contribution < 1.29 is 4.74 Å². The second kappa shape index (κ2) is 5.71. The van der Waals surface area contributed by atoms with Crippen LogP contribution >= 0.6 is 11.6 Å². The lowest BCUT2D eigenvalue weighted by atomic mass is 10.1. The molecule has 3 rings (SSSR count). The van der Waals surface area contributed by atoms with Gasteiger partial charge in [0.2, 0.25) is 5.28 Å². The Kier molecular flexibility index (Phi) is 3.78. The number of nitrogens with zero attached hydrogens (tertiary/aromatic N) is 4. The van der Waals surface area contributed by atoms with E-state index in [0.717, 1.165) is 25.0 Å². The highest BCUT2D eigenvalue weighted by atomic mass is 35.5. The summed E-state index contributed by atoms with van der Waals surface area (Å²) in [6.45, 7) is 2.60. The molecule has 0 bridgehead atoms. The van der Waals surface area contributed by atoms with Gasteiger partial charge in [0.25, 0.3) is 0 Å². The highest BCUT2D eigenvalue weighted by Crippen LogP contribution is 2.35. The van der Waals surface area contributed by atoms with Gasteiger partial charge in [0.1, 0.15) is 5.82 Å². The van der Waals surface area contributed by atoms with E-state index in [1.807, 2.05) is 13.0 Å². The molecule has 0 saturated carbocycles. The van der Waals surface area contributed by atoms with Crippen LogP contribution in [0.3, 0.4) is 0 Å². The number of pyridine rings is 1. The Labute approximate surface area is 122 Å². The fraction of sp³-hybridized carbons (Fsp3) is 0.429. The van der Waals surface area contributed by atoms with Gasteiger partial charge in [0.05, 0.1) is 18.2 Å². The molecule has 1 atom stereocenters. The molecule has 0 fully saturated rings. The first-order valence-electron chi connectivity index (χ1n) is 6.76. The topological polar surface area (TPSA) is 60.8 Å². The summed E-state index contributed by atoms with van der Waals surface area (Å²) in [5.74, 6) is 0.726. The van der Waals surface area contributed by atoms with Gasteiger partial charge in [-0.05, 0) is 42.5 Å². The summed E-state index contributed by atoms with van der Waals surface area (Å²) in [7, 11) is 0. The van der Waals surface area contributed by atoms with Gasteiger partial charge in [-0.3, -0.25) is 4.98 Å². The van der Waals surface area contributed by atoms with E-state index in [1.54, 1.807) is 6.20 Å². The maximum Gasteiger partial charge on any atom is 0.321 e. The lowest BCUT2D eigenvalue weighted by Crippen LogP contribution is -2.09. The Balaban J connectivity index is 1.93. The van der Waals surface area contributed by atoms with Crippen molar-refractivity contribution in [3.63, 3.8) is 0 Å². The van der Waals surface area contributed by atoms with E-state index in [-0.39, 0.29) is 11.2 Å². The molecule has 1 aliphatic rings. The number of ether oxygens (including phenoxy) is 1. The van der Waals surface area contributed by atoms with Crippen LogP contribution in [0.15, 0.2) is 18.3 Å². The third-order valence-electron chi connectivity index (χ3n) is 3.31. The molecule has 2 aromatic heterocycles. The van der Waals surface area contributed by atoms with Gasteiger partial charge in [-0.2, -0.15) is 9.97 Å². The van der Waals surface area contributed by atoms with E-state index >= 15 is 0 Å².